The number of carboxylic acid groups (broad SMARTS) is 1. The third-order valence-corrected chi connectivity index (χ3v) is 2.91. The van der Waals surface area contributed by atoms with Gasteiger partial charge in [0.15, 0.2) is 0 Å². The lowest BCUT2D eigenvalue weighted by atomic mass is 10.1. The Balaban J connectivity index is 2.51. The van der Waals surface area contributed by atoms with Crippen molar-refractivity contribution in [3.63, 3.8) is 0 Å². The van der Waals surface area contributed by atoms with Crippen LogP contribution in [0.3, 0.4) is 0 Å². The molecule has 0 bridgehead atoms. The van der Waals surface area contributed by atoms with Crippen LogP contribution in [0.15, 0.2) is 30.3 Å². The fraction of sp³-hybridized carbons (Fsp3) is 0.250. The van der Waals surface area contributed by atoms with E-state index in [4.69, 9.17) is 10.2 Å². The first-order chi connectivity index (χ1) is 7.72. The highest BCUT2D eigenvalue weighted by Gasteiger charge is 1.94. The average Bonchev–Trinajstić information content (AvgIpc) is 2.28. The Morgan fingerprint density at radius 1 is 1.31 bits per heavy atom. The molecule has 4 heteroatoms. The van der Waals surface area contributed by atoms with Crippen molar-refractivity contribution >= 4 is 23.8 Å². The summed E-state index contributed by atoms with van der Waals surface area (Å²) < 4.78 is 0. The van der Waals surface area contributed by atoms with E-state index in [2.05, 4.69) is 0 Å². The number of carboxylic acids is 1. The summed E-state index contributed by atoms with van der Waals surface area (Å²) in [6.07, 6.45) is 2.68. The van der Waals surface area contributed by atoms with Gasteiger partial charge in [-0.25, -0.2) is 4.79 Å². The summed E-state index contributed by atoms with van der Waals surface area (Å²) in [5.41, 5.74) is 2.05. The fourth-order valence-electron chi connectivity index (χ4n) is 1.15. The standard InChI is InChI=1S/C12H14O3S/c13-7-8-16-9-11-3-1-10(2-4-11)5-6-12(14)15/h1-6,13H,7-9H2,(H,14,15). The van der Waals surface area contributed by atoms with E-state index < -0.39 is 5.97 Å². The molecule has 1 aromatic rings. The van der Waals surface area contributed by atoms with E-state index in [0.29, 0.717) is 0 Å². The normalized spacial score (nSPS) is 10.8. The maximum Gasteiger partial charge on any atom is 0.328 e. The highest BCUT2D eigenvalue weighted by atomic mass is 32.2. The first-order valence-corrected chi connectivity index (χ1v) is 6.06. The van der Waals surface area contributed by atoms with E-state index >= 15 is 0 Å². The predicted molar refractivity (Wildman–Crippen MR) is 66.4 cm³/mol. The van der Waals surface area contributed by atoms with Crippen molar-refractivity contribution in [1.29, 1.82) is 0 Å². The van der Waals surface area contributed by atoms with Crippen molar-refractivity contribution in [2.24, 2.45) is 0 Å². The van der Waals surface area contributed by atoms with Crippen molar-refractivity contribution < 1.29 is 15.0 Å². The lowest BCUT2D eigenvalue weighted by molar-refractivity contribution is -0.131. The molecule has 2 N–H and O–H groups in total. The van der Waals surface area contributed by atoms with Crippen molar-refractivity contribution in [2.75, 3.05) is 12.4 Å². The average molecular weight is 238 g/mol. The minimum Gasteiger partial charge on any atom is -0.478 e. The van der Waals surface area contributed by atoms with E-state index in [0.717, 1.165) is 23.1 Å². The zero-order valence-corrected chi connectivity index (χ0v) is 9.61. The van der Waals surface area contributed by atoms with Crippen LogP contribution in [0.2, 0.25) is 0 Å². The molecule has 0 aliphatic rings. The Labute approximate surface area is 98.8 Å². The summed E-state index contributed by atoms with van der Waals surface area (Å²) in [4.78, 5) is 10.3. The largest absolute Gasteiger partial charge is 0.478 e. The van der Waals surface area contributed by atoms with Crippen LogP contribution < -0.4 is 0 Å². The van der Waals surface area contributed by atoms with Gasteiger partial charge in [-0.3, -0.25) is 0 Å². The second kappa shape index (κ2) is 7.09. The van der Waals surface area contributed by atoms with Crippen LogP contribution in [0.5, 0.6) is 0 Å². The molecular formula is C12H14O3S. The van der Waals surface area contributed by atoms with Crippen molar-refractivity contribution in [2.45, 2.75) is 5.75 Å². The summed E-state index contributed by atoms with van der Waals surface area (Å²) in [7, 11) is 0. The summed E-state index contributed by atoms with van der Waals surface area (Å²) in [5, 5.41) is 17.1. The summed E-state index contributed by atoms with van der Waals surface area (Å²) >= 11 is 1.67. The molecule has 0 heterocycles. The Bertz CT molecular complexity index is 357. The van der Waals surface area contributed by atoms with Gasteiger partial charge in [0.25, 0.3) is 0 Å². The molecule has 86 valence electrons. The van der Waals surface area contributed by atoms with Gasteiger partial charge in [0.2, 0.25) is 0 Å². The maximum absolute atomic E-state index is 10.3. The van der Waals surface area contributed by atoms with Crippen LogP contribution in [-0.4, -0.2) is 28.5 Å². The van der Waals surface area contributed by atoms with Gasteiger partial charge in [0, 0.05) is 17.6 Å². The van der Waals surface area contributed by atoms with Crippen LogP contribution >= 0.6 is 11.8 Å². The number of aliphatic carboxylic acids is 1. The quantitative estimate of drug-likeness (QED) is 0.588. The van der Waals surface area contributed by atoms with E-state index in [9.17, 15) is 4.79 Å². The van der Waals surface area contributed by atoms with Crippen LogP contribution in [0.1, 0.15) is 11.1 Å². The summed E-state index contributed by atoms with van der Waals surface area (Å²) in [6, 6.07) is 7.69. The maximum atomic E-state index is 10.3. The van der Waals surface area contributed by atoms with Gasteiger partial charge < -0.3 is 10.2 Å². The third kappa shape index (κ3) is 5.00. The number of rotatable bonds is 6. The molecule has 16 heavy (non-hydrogen) atoms. The lowest BCUT2D eigenvalue weighted by Gasteiger charge is -2.00. The van der Waals surface area contributed by atoms with Gasteiger partial charge in [0.1, 0.15) is 0 Å². The number of aliphatic hydroxyl groups is 1. The van der Waals surface area contributed by atoms with Crippen molar-refractivity contribution in [1.82, 2.24) is 0 Å². The number of benzene rings is 1. The van der Waals surface area contributed by atoms with Crippen LogP contribution in [0.25, 0.3) is 6.08 Å². The first kappa shape index (κ1) is 12.8. The molecule has 0 radical (unpaired) electrons. The Hall–Kier alpha value is -1.26. The molecule has 0 spiro atoms. The van der Waals surface area contributed by atoms with Gasteiger partial charge in [-0.05, 0) is 17.2 Å². The molecule has 1 aromatic carbocycles. The predicted octanol–water partition coefficient (Wildman–Crippen LogP) is 2.01. The van der Waals surface area contributed by atoms with Gasteiger partial charge in [-0.1, -0.05) is 24.3 Å². The van der Waals surface area contributed by atoms with Crippen molar-refractivity contribution in [3.8, 4) is 0 Å². The molecule has 0 aliphatic heterocycles. The van der Waals surface area contributed by atoms with Gasteiger partial charge in [-0.2, -0.15) is 11.8 Å². The zero-order valence-electron chi connectivity index (χ0n) is 8.80. The lowest BCUT2D eigenvalue weighted by Crippen LogP contribution is -1.88. The SMILES string of the molecule is O=C(O)C=Cc1ccc(CSCCO)cc1. The van der Waals surface area contributed by atoms with E-state index in [1.165, 1.54) is 5.56 Å². The molecule has 0 fully saturated rings. The second-order valence-corrected chi connectivity index (χ2v) is 4.29. The zero-order chi connectivity index (χ0) is 11.8. The minimum atomic E-state index is -0.942. The van der Waals surface area contributed by atoms with E-state index in [-0.39, 0.29) is 6.61 Å². The summed E-state index contributed by atoms with van der Waals surface area (Å²) in [5.74, 6) is 0.659. The van der Waals surface area contributed by atoms with Gasteiger partial charge >= 0.3 is 5.97 Å². The third-order valence-electron chi connectivity index (χ3n) is 1.90. The number of hydrogen-bond acceptors (Lipinski definition) is 3. The molecule has 0 atom stereocenters. The number of hydrogen-bond donors (Lipinski definition) is 2. The Morgan fingerprint density at radius 3 is 2.56 bits per heavy atom. The molecule has 0 amide bonds. The molecule has 0 unspecified atom stereocenters. The molecule has 0 saturated carbocycles. The van der Waals surface area contributed by atoms with Gasteiger partial charge in [0.05, 0.1) is 6.61 Å². The second-order valence-electron chi connectivity index (χ2n) is 3.19. The topological polar surface area (TPSA) is 57.5 Å². The number of carbonyl (C=O) groups is 1. The monoisotopic (exact) mass is 238 g/mol. The smallest absolute Gasteiger partial charge is 0.328 e. The molecule has 1 rings (SSSR count). The number of aliphatic hydroxyl groups excluding tert-OH is 1. The Morgan fingerprint density at radius 2 is 2.00 bits per heavy atom. The van der Waals surface area contributed by atoms with Crippen LogP contribution in [0.4, 0.5) is 0 Å². The fourth-order valence-corrected chi connectivity index (χ4v) is 1.85. The van der Waals surface area contributed by atoms with Crippen molar-refractivity contribution in [3.05, 3.63) is 41.5 Å². The molecule has 0 saturated heterocycles. The highest BCUT2D eigenvalue weighted by molar-refractivity contribution is 7.98. The molecular weight excluding hydrogens is 224 g/mol. The summed E-state index contributed by atoms with van der Waals surface area (Å²) in [6.45, 7) is 0.199. The van der Waals surface area contributed by atoms with E-state index in [1.807, 2.05) is 24.3 Å². The molecule has 3 nitrogen and oxygen atoms in total. The van der Waals surface area contributed by atoms with Crippen LogP contribution in [-0.2, 0) is 10.5 Å². The highest BCUT2D eigenvalue weighted by Crippen LogP contribution is 2.13. The molecule has 0 aromatic heterocycles. The number of thioether (sulfide) groups is 1. The molecule has 0 aliphatic carbocycles. The minimum absolute atomic E-state index is 0.199. The van der Waals surface area contributed by atoms with Crippen LogP contribution in [0, 0.1) is 0 Å². The van der Waals surface area contributed by atoms with E-state index in [1.54, 1.807) is 17.8 Å². The Kier molecular flexibility index (Phi) is 5.67. The first-order valence-electron chi connectivity index (χ1n) is 4.91. The van der Waals surface area contributed by atoms with Gasteiger partial charge in [-0.15, -0.1) is 0 Å².